The third-order valence-corrected chi connectivity index (χ3v) is 3.64. The lowest BCUT2D eigenvalue weighted by atomic mass is 9.96. The number of carbonyl (C=O) groups is 1. The first-order valence-electron chi connectivity index (χ1n) is 7.98. The first-order chi connectivity index (χ1) is 8.95. The second-order valence-corrected chi connectivity index (χ2v) is 6.06. The maximum Gasteiger partial charge on any atom is 0.234 e. The summed E-state index contributed by atoms with van der Waals surface area (Å²) in [5.74, 6) is 0.155. The number of nitrogens with one attached hydrogen (secondary N) is 1. The molecule has 0 spiro atoms. The van der Waals surface area contributed by atoms with Crippen molar-refractivity contribution in [1.82, 2.24) is 10.2 Å². The molecule has 0 aromatic rings. The summed E-state index contributed by atoms with van der Waals surface area (Å²) < 4.78 is 0. The van der Waals surface area contributed by atoms with Crippen LogP contribution in [0.25, 0.3) is 0 Å². The molecule has 0 radical (unpaired) electrons. The van der Waals surface area contributed by atoms with Gasteiger partial charge in [0.05, 0.1) is 6.54 Å². The number of nitrogens with zero attached hydrogens (tertiary/aromatic N) is 1. The van der Waals surface area contributed by atoms with Crippen molar-refractivity contribution in [3.63, 3.8) is 0 Å². The Bertz CT molecular complexity index is 235. The lowest BCUT2D eigenvalue weighted by Gasteiger charge is -2.28. The molecule has 1 amide bonds. The zero-order valence-electron chi connectivity index (χ0n) is 13.7. The predicted octanol–water partition coefficient (Wildman–Crippen LogP) is 3.58. The molecule has 0 bridgehead atoms. The smallest absolute Gasteiger partial charge is 0.234 e. The molecule has 19 heavy (non-hydrogen) atoms. The van der Waals surface area contributed by atoms with Crippen molar-refractivity contribution < 1.29 is 4.79 Å². The van der Waals surface area contributed by atoms with Gasteiger partial charge in [0.15, 0.2) is 0 Å². The Balaban J connectivity index is 3.89. The van der Waals surface area contributed by atoms with Crippen molar-refractivity contribution >= 4 is 5.91 Å². The van der Waals surface area contributed by atoms with Crippen LogP contribution in [-0.2, 0) is 4.79 Å². The highest BCUT2D eigenvalue weighted by Gasteiger charge is 2.20. The highest BCUT2D eigenvalue weighted by atomic mass is 16.2. The van der Waals surface area contributed by atoms with E-state index in [1.165, 1.54) is 32.1 Å². The minimum atomic E-state index is -0.0730. The number of carbonyl (C=O) groups excluding carboxylic acids is 1. The third-order valence-electron chi connectivity index (χ3n) is 3.64. The van der Waals surface area contributed by atoms with Gasteiger partial charge in [0, 0.05) is 5.54 Å². The fraction of sp³-hybridized carbons (Fsp3) is 0.938. The summed E-state index contributed by atoms with van der Waals surface area (Å²) in [5, 5.41) is 3.17. The second-order valence-electron chi connectivity index (χ2n) is 6.06. The fourth-order valence-electron chi connectivity index (χ4n) is 2.30. The number of unbranched alkanes of at least 4 members (excludes halogenated alkanes) is 4. The van der Waals surface area contributed by atoms with E-state index in [1.54, 1.807) is 0 Å². The maximum atomic E-state index is 12.0. The van der Waals surface area contributed by atoms with Crippen LogP contribution in [0.4, 0.5) is 0 Å². The predicted molar refractivity (Wildman–Crippen MR) is 83.4 cm³/mol. The third kappa shape index (κ3) is 9.94. The van der Waals surface area contributed by atoms with Crippen molar-refractivity contribution in [2.24, 2.45) is 0 Å². The summed E-state index contributed by atoms with van der Waals surface area (Å²) in [7, 11) is 0. The molecule has 0 aliphatic heterocycles. The Hall–Kier alpha value is -0.570. The number of hydrogen-bond acceptors (Lipinski definition) is 2. The van der Waals surface area contributed by atoms with E-state index in [0.717, 1.165) is 19.5 Å². The Morgan fingerprint density at radius 3 is 2.11 bits per heavy atom. The van der Waals surface area contributed by atoms with E-state index in [1.807, 2.05) is 0 Å². The molecular formula is C16H34N2O. The molecule has 0 atom stereocenters. The fourth-order valence-corrected chi connectivity index (χ4v) is 2.30. The molecule has 3 nitrogen and oxygen atoms in total. The van der Waals surface area contributed by atoms with Crippen LogP contribution >= 0.6 is 0 Å². The van der Waals surface area contributed by atoms with Crippen molar-refractivity contribution in [1.29, 1.82) is 0 Å². The second kappa shape index (κ2) is 10.2. The van der Waals surface area contributed by atoms with Gasteiger partial charge in [0.25, 0.3) is 0 Å². The van der Waals surface area contributed by atoms with Gasteiger partial charge in [-0.1, -0.05) is 52.9 Å². The minimum Gasteiger partial charge on any atom is -0.350 e. The molecule has 1 N–H and O–H groups in total. The Kier molecular flexibility index (Phi) is 9.94. The molecule has 0 aliphatic carbocycles. The van der Waals surface area contributed by atoms with E-state index in [2.05, 4.69) is 44.8 Å². The zero-order chi connectivity index (χ0) is 14.7. The molecule has 0 heterocycles. The molecule has 0 aromatic carbocycles. The van der Waals surface area contributed by atoms with E-state index >= 15 is 0 Å². The van der Waals surface area contributed by atoms with Crippen LogP contribution in [0, 0.1) is 0 Å². The maximum absolute atomic E-state index is 12.0. The van der Waals surface area contributed by atoms with E-state index in [4.69, 9.17) is 0 Å². The van der Waals surface area contributed by atoms with Gasteiger partial charge in [-0.3, -0.25) is 9.69 Å². The molecule has 0 rings (SSSR count). The summed E-state index contributed by atoms with van der Waals surface area (Å²) in [6.07, 6.45) is 7.49. The largest absolute Gasteiger partial charge is 0.350 e. The molecule has 0 saturated carbocycles. The molecule has 3 heteroatoms. The quantitative estimate of drug-likeness (QED) is 0.582. The monoisotopic (exact) mass is 270 g/mol. The molecule has 0 fully saturated rings. The van der Waals surface area contributed by atoms with Crippen LogP contribution < -0.4 is 5.32 Å². The first-order valence-corrected chi connectivity index (χ1v) is 7.98. The summed E-state index contributed by atoms with van der Waals surface area (Å²) in [6.45, 7) is 13.1. The van der Waals surface area contributed by atoms with Crippen molar-refractivity contribution in [2.75, 3.05) is 19.6 Å². The van der Waals surface area contributed by atoms with Crippen LogP contribution in [0.15, 0.2) is 0 Å². The van der Waals surface area contributed by atoms with Crippen LogP contribution in [0.5, 0.6) is 0 Å². The van der Waals surface area contributed by atoms with Crippen LogP contribution in [-0.4, -0.2) is 36.0 Å². The van der Waals surface area contributed by atoms with Crippen molar-refractivity contribution in [3.05, 3.63) is 0 Å². The van der Waals surface area contributed by atoms with Gasteiger partial charge in [0.2, 0.25) is 5.91 Å². The lowest BCUT2D eigenvalue weighted by molar-refractivity contribution is -0.123. The standard InChI is InChI=1S/C16H34N2O/c1-6-9-10-11-12-13-16(4,5)17-15(19)14-18(7-2)8-3/h6-14H2,1-5H3,(H,17,19). The van der Waals surface area contributed by atoms with Crippen LogP contribution in [0.1, 0.15) is 73.1 Å². The normalized spacial score (nSPS) is 11.9. The number of hydrogen-bond donors (Lipinski definition) is 1. The van der Waals surface area contributed by atoms with Crippen molar-refractivity contribution in [2.45, 2.75) is 78.7 Å². The summed E-state index contributed by atoms with van der Waals surface area (Å²) in [4.78, 5) is 14.1. The Morgan fingerprint density at radius 1 is 1.00 bits per heavy atom. The molecule has 0 aromatic heterocycles. The average Bonchev–Trinajstić information content (AvgIpc) is 2.35. The highest BCUT2D eigenvalue weighted by molar-refractivity contribution is 5.78. The Morgan fingerprint density at radius 2 is 1.58 bits per heavy atom. The Labute approximate surface area is 120 Å². The lowest BCUT2D eigenvalue weighted by Crippen LogP contribution is -2.47. The molecule has 0 saturated heterocycles. The SMILES string of the molecule is CCCCCCCC(C)(C)NC(=O)CN(CC)CC. The van der Waals surface area contributed by atoms with Gasteiger partial charge >= 0.3 is 0 Å². The van der Waals surface area contributed by atoms with Crippen LogP contribution in [0.2, 0.25) is 0 Å². The van der Waals surface area contributed by atoms with E-state index in [-0.39, 0.29) is 11.4 Å². The van der Waals surface area contributed by atoms with Gasteiger partial charge in [-0.25, -0.2) is 0 Å². The number of amides is 1. The van der Waals surface area contributed by atoms with Gasteiger partial charge < -0.3 is 5.32 Å². The van der Waals surface area contributed by atoms with Gasteiger partial charge in [-0.2, -0.15) is 0 Å². The van der Waals surface area contributed by atoms with E-state index in [0.29, 0.717) is 6.54 Å². The van der Waals surface area contributed by atoms with Gasteiger partial charge in [-0.05, 0) is 33.4 Å². The first kappa shape index (κ1) is 18.4. The summed E-state index contributed by atoms with van der Waals surface area (Å²) in [6, 6.07) is 0. The highest BCUT2D eigenvalue weighted by Crippen LogP contribution is 2.15. The molecular weight excluding hydrogens is 236 g/mol. The molecule has 0 unspecified atom stereocenters. The zero-order valence-corrected chi connectivity index (χ0v) is 13.7. The molecule has 0 aliphatic rings. The summed E-state index contributed by atoms with van der Waals surface area (Å²) >= 11 is 0. The molecule has 114 valence electrons. The van der Waals surface area contributed by atoms with Crippen molar-refractivity contribution in [3.8, 4) is 0 Å². The number of likely N-dealkylation sites (N-methyl/N-ethyl adjacent to an activating group) is 1. The van der Waals surface area contributed by atoms with Gasteiger partial charge in [-0.15, -0.1) is 0 Å². The summed E-state index contributed by atoms with van der Waals surface area (Å²) in [5.41, 5.74) is -0.0730. The topological polar surface area (TPSA) is 32.3 Å². The number of rotatable bonds is 11. The average molecular weight is 270 g/mol. The van der Waals surface area contributed by atoms with Gasteiger partial charge in [0.1, 0.15) is 0 Å². The van der Waals surface area contributed by atoms with E-state index < -0.39 is 0 Å². The van der Waals surface area contributed by atoms with E-state index in [9.17, 15) is 4.79 Å². The minimum absolute atomic E-state index is 0.0730. The van der Waals surface area contributed by atoms with Crippen LogP contribution in [0.3, 0.4) is 0 Å².